The summed E-state index contributed by atoms with van der Waals surface area (Å²) in [4.78, 5) is 11.8. The monoisotopic (exact) mass is 295 g/mol. The summed E-state index contributed by atoms with van der Waals surface area (Å²) in [6, 6.07) is 7.03. The fourth-order valence-corrected chi connectivity index (χ4v) is 1.58. The smallest absolute Gasteiger partial charge is 0.276 e. The van der Waals surface area contributed by atoms with Gasteiger partial charge in [0.2, 0.25) is 0 Å². The fourth-order valence-electron chi connectivity index (χ4n) is 1.48. The molecule has 5 nitrogen and oxygen atoms in total. The molecule has 1 amide bonds. The van der Waals surface area contributed by atoms with E-state index in [1.807, 2.05) is 0 Å². The molecule has 7 heteroatoms. The maximum absolute atomic E-state index is 13.6. The Morgan fingerprint density at radius 2 is 2.15 bits per heavy atom. The van der Waals surface area contributed by atoms with Crippen LogP contribution in [0.15, 0.2) is 30.3 Å². The number of anilines is 1. The Hall–Kier alpha value is -2.21. The maximum atomic E-state index is 13.6. The molecule has 0 fully saturated rings. The summed E-state index contributed by atoms with van der Waals surface area (Å²) in [6.07, 6.45) is 0. The quantitative estimate of drug-likeness (QED) is 0.942. The highest BCUT2D eigenvalue weighted by molar-refractivity contribution is 6.29. The normalized spacial score (nSPS) is 10.2. The van der Waals surface area contributed by atoms with Crippen molar-refractivity contribution in [1.29, 1.82) is 0 Å². The zero-order valence-corrected chi connectivity index (χ0v) is 11.3. The van der Waals surface area contributed by atoms with E-state index in [9.17, 15) is 9.18 Å². The molecule has 0 aliphatic heterocycles. The van der Waals surface area contributed by atoms with Crippen LogP contribution in [-0.2, 0) is 0 Å². The lowest BCUT2D eigenvalue weighted by molar-refractivity contribution is 0.102. The number of nitrogens with one attached hydrogen (secondary N) is 1. The van der Waals surface area contributed by atoms with Crippen molar-refractivity contribution in [3.8, 4) is 5.75 Å². The summed E-state index contributed by atoms with van der Waals surface area (Å²) in [5.41, 5.74) is 0.386. The van der Waals surface area contributed by atoms with Crippen molar-refractivity contribution < 1.29 is 13.9 Å². The van der Waals surface area contributed by atoms with Crippen LogP contribution >= 0.6 is 11.6 Å². The minimum atomic E-state index is -0.549. The molecule has 1 aromatic heterocycles. The van der Waals surface area contributed by atoms with Crippen LogP contribution in [0, 0.1) is 5.82 Å². The van der Waals surface area contributed by atoms with Crippen molar-refractivity contribution in [2.75, 3.05) is 11.9 Å². The first-order valence-electron chi connectivity index (χ1n) is 5.83. The van der Waals surface area contributed by atoms with Gasteiger partial charge in [-0.05, 0) is 31.2 Å². The zero-order chi connectivity index (χ0) is 14.5. The van der Waals surface area contributed by atoms with Crippen LogP contribution in [0.5, 0.6) is 5.75 Å². The van der Waals surface area contributed by atoms with Crippen molar-refractivity contribution in [2.24, 2.45) is 0 Å². The number of nitrogens with zero attached hydrogens (tertiary/aromatic N) is 2. The van der Waals surface area contributed by atoms with Gasteiger partial charge in [0.15, 0.2) is 22.4 Å². The van der Waals surface area contributed by atoms with E-state index in [0.717, 1.165) is 0 Å². The van der Waals surface area contributed by atoms with Crippen molar-refractivity contribution >= 4 is 23.2 Å². The number of hydrogen-bond donors (Lipinski definition) is 1. The summed E-state index contributed by atoms with van der Waals surface area (Å²) in [5, 5.41) is 9.89. The third-order valence-electron chi connectivity index (χ3n) is 2.35. The summed E-state index contributed by atoms with van der Waals surface area (Å²) in [7, 11) is 0. The summed E-state index contributed by atoms with van der Waals surface area (Å²) in [5.74, 6) is -0.915. The molecule has 20 heavy (non-hydrogen) atoms. The third kappa shape index (κ3) is 3.42. The first kappa shape index (κ1) is 14.2. The molecule has 0 aliphatic carbocycles. The van der Waals surface area contributed by atoms with Crippen molar-refractivity contribution in [3.63, 3.8) is 0 Å². The van der Waals surface area contributed by atoms with Crippen molar-refractivity contribution in [2.45, 2.75) is 6.92 Å². The first-order chi connectivity index (χ1) is 9.60. The number of amides is 1. The van der Waals surface area contributed by atoms with Gasteiger partial charge in [0, 0.05) is 11.8 Å². The van der Waals surface area contributed by atoms with Gasteiger partial charge in [-0.15, -0.1) is 10.2 Å². The van der Waals surface area contributed by atoms with E-state index in [2.05, 4.69) is 15.5 Å². The van der Waals surface area contributed by atoms with E-state index >= 15 is 0 Å². The summed E-state index contributed by atoms with van der Waals surface area (Å²) >= 11 is 5.58. The zero-order valence-electron chi connectivity index (χ0n) is 10.6. The average molecular weight is 296 g/mol. The molecule has 0 saturated heterocycles. The minimum Gasteiger partial charge on any atom is -0.491 e. The van der Waals surface area contributed by atoms with Gasteiger partial charge in [-0.25, -0.2) is 4.39 Å². The van der Waals surface area contributed by atoms with Gasteiger partial charge in [-0.1, -0.05) is 11.6 Å². The van der Waals surface area contributed by atoms with Crippen LogP contribution in [0.3, 0.4) is 0 Å². The standard InChI is InChI=1S/C13H11ClFN3O2/c1-2-20-11-5-3-8(7-9(11)15)16-13(19)10-4-6-12(14)18-17-10/h3-7H,2H2,1H3,(H,16,19). The van der Waals surface area contributed by atoms with Gasteiger partial charge in [-0.2, -0.15) is 0 Å². The Bertz CT molecular complexity index is 620. The summed E-state index contributed by atoms with van der Waals surface area (Å²) < 4.78 is 18.7. The number of benzene rings is 1. The number of rotatable bonds is 4. The average Bonchev–Trinajstić information content (AvgIpc) is 2.42. The van der Waals surface area contributed by atoms with Crippen LogP contribution in [-0.4, -0.2) is 22.7 Å². The number of carbonyl (C=O) groups is 1. The molecule has 2 aromatic rings. The molecule has 0 saturated carbocycles. The lowest BCUT2D eigenvalue weighted by Gasteiger charge is -2.08. The molecule has 0 unspecified atom stereocenters. The van der Waals surface area contributed by atoms with Gasteiger partial charge in [-0.3, -0.25) is 4.79 Å². The molecule has 1 aromatic carbocycles. The molecule has 0 radical (unpaired) electrons. The second-order valence-electron chi connectivity index (χ2n) is 3.77. The Kier molecular flexibility index (Phi) is 4.47. The number of ether oxygens (including phenoxy) is 1. The number of halogens is 2. The van der Waals surface area contributed by atoms with Crippen LogP contribution in [0.4, 0.5) is 10.1 Å². The molecule has 1 N–H and O–H groups in total. The minimum absolute atomic E-state index is 0.0868. The van der Waals surface area contributed by atoms with Crippen LogP contribution < -0.4 is 10.1 Å². The van der Waals surface area contributed by atoms with Crippen LogP contribution in [0.25, 0.3) is 0 Å². The van der Waals surface area contributed by atoms with E-state index < -0.39 is 11.7 Å². The Balaban J connectivity index is 2.11. The Morgan fingerprint density at radius 3 is 2.75 bits per heavy atom. The van der Waals surface area contributed by atoms with Gasteiger partial charge in [0.25, 0.3) is 5.91 Å². The fraction of sp³-hybridized carbons (Fsp3) is 0.154. The maximum Gasteiger partial charge on any atom is 0.276 e. The van der Waals surface area contributed by atoms with E-state index in [1.54, 1.807) is 6.92 Å². The second kappa shape index (κ2) is 6.29. The Labute approximate surface area is 119 Å². The molecule has 2 rings (SSSR count). The number of aromatic nitrogens is 2. The van der Waals surface area contributed by atoms with E-state index in [1.165, 1.54) is 30.3 Å². The highest BCUT2D eigenvalue weighted by Gasteiger charge is 2.10. The summed E-state index contributed by atoms with van der Waals surface area (Å²) in [6.45, 7) is 2.12. The van der Waals surface area contributed by atoms with Gasteiger partial charge in [0.1, 0.15) is 0 Å². The first-order valence-corrected chi connectivity index (χ1v) is 6.21. The van der Waals surface area contributed by atoms with E-state index in [-0.39, 0.29) is 16.6 Å². The van der Waals surface area contributed by atoms with Crippen molar-refractivity contribution in [3.05, 3.63) is 47.0 Å². The highest BCUT2D eigenvalue weighted by Crippen LogP contribution is 2.21. The predicted octanol–water partition coefficient (Wildman–Crippen LogP) is 2.92. The predicted molar refractivity (Wildman–Crippen MR) is 72.6 cm³/mol. The Morgan fingerprint density at radius 1 is 1.35 bits per heavy atom. The molecular weight excluding hydrogens is 285 g/mol. The molecule has 0 atom stereocenters. The second-order valence-corrected chi connectivity index (χ2v) is 4.16. The highest BCUT2D eigenvalue weighted by atomic mass is 35.5. The number of hydrogen-bond acceptors (Lipinski definition) is 4. The molecule has 0 spiro atoms. The van der Waals surface area contributed by atoms with Crippen molar-refractivity contribution in [1.82, 2.24) is 10.2 Å². The largest absolute Gasteiger partial charge is 0.491 e. The lowest BCUT2D eigenvalue weighted by atomic mass is 10.2. The molecular formula is C13H11ClFN3O2. The SMILES string of the molecule is CCOc1ccc(NC(=O)c2ccc(Cl)nn2)cc1F. The lowest BCUT2D eigenvalue weighted by Crippen LogP contribution is -2.14. The topological polar surface area (TPSA) is 64.1 Å². The number of carbonyl (C=O) groups excluding carboxylic acids is 1. The van der Waals surface area contributed by atoms with Crippen LogP contribution in [0.1, 0.15) is 17.4 Å². The van der Waals surface area contributed by atoms with Gasteiger partial charge in [0.05, 0.1) is 6.61 Å². The molecule has 0 aliphatic rings. The van der Waals surface area contributed by atoms with Gasteiger partial charge >= 0.3 is 0 Å². The molecule has 1 heterocycles. The van der Waals surface area contributed by atoms with Gasteiger partial charge < -0.3 is 10.1 Å². The molecule has 0 bridgehead atoms. The van der Waals surface area contributed by atoms with E-state index in [4.69, 9.17) is 16.3 Å². The third-order valence-corrected chi connectivity index (χ3v) is 2.56. The van der Waals surface area contributed by atoms with Crippen LogP contribution in [0.2, 0.25) is 5.15 Å². The van der Waals surface area contributed by atoms with E-state index in [0.29, 0.717) is 12.3 Å². The molecule has 104 valence electrons.